The molecule has 158 valence electrons. The van der Waals surface area contributed by atoms with E-state index in [0.29, 0.717) is 29.8 Å². The fourth-order valence-electron chi connectivity index (χ4n) is 2.95. The van der Waals surface area contributed by atoms with Gasteiger partial charge in [0.25, 0.3) is 5.91 Å². The van der Waals surface area contributed by atoms with Crippen LogP contribution in [-0.2, 0) is 6.54 Å². The summed E-state index contributed by atoms with van der Waals surface area (Å²) < 4.78 is 17.6. The number of methoxy groups -OCH3 is 1. The van der Waals surface area contributed by atoms with Gasteiger partial charge in [0, 0.05) is 5.56 Å². The molecule has 8 nitrogen and oxygen atoms in total. The number of anilines is 1. The molecule has 0 saturated heterocycles. The minimum absolute atomic E-state index is 0.302. The molecule has 2 heterocycles. The van der Waals surface area contributed by atoms with Crippen molar-refractivity contribution in [2.45, 2.75) is 19.6 Å². The van der Waals surface area contributed by atoms with Crippen LogP contribution in [0.4, 0.5) is 5.95 Å². The zero-order chi connectivity index (χ0) is 21.6. The van der Waals surface area contributed by atoms with Gasteiger partial charge in [-0.1, -0.05) is 18.2 Å². The maximum Gasteiger partial charge on any atom is 0.290 e. The van der Waals surface area contributed by atoms with Crippen LogP contribution < -0.4 is 14.8 Å². The second-order valence-electron chi connectivity index (χ2n) is 6.74. The van der Waals surface area contributed by atoms with Crippen LogP contribution in [0.15, 0.2) is 77.4 Å². The lowest BCUT2D eigenvalue weighted by molar-refractivity contribution is 0.0713. The minimum atomic E-state index is -0.767. The Morgan fingerprint density at radius 1 is 1.06 bits per heavy atom. The Labute approximate surface area is 179 Å². The molecule has 0 bridgehead atoms. The van der Waals surface area contributed by atoms with E-state index in [9.17, 15) is 4.79 Å². The van der Waals surface area contributed by atoms with Crippen molar-refractivity contribution in [1.82, 2.24) is 14.8 Å². The molecule has 2 aromatic heterocycles. The van der Waals surface area contributed by atoms with Gasteiger partial charge in [-0.15, -0.1) is 5.10 Å². The van der Waals surface area contributed by atoms with Gasteiger partial charge in [0.2, 0.25) is 5.95 Å². The van der Waals surface area contributed by atoms with Crippen LogP contribution >= 0.6 is 0 Å². The molecule has 0 radical (unpaired) electrons. The molecule has 0 aliphatic carbocycles. The molecule has 1 N–H and O–H groups in total. The van der Waals surface area contributed by atoms with E-state index >= 15 is 0 Å². The van der Waals surface area contributed by atoms with Crippen molar-refractivity contribution in [3.63, 3.8) is 0 Å². The minimum Gasteiger partial charge on any atom is -0.497 e. The molecular weight excluding hydrogens is 396 g/mol. The predicted molar refractivity (Wildman–Crippen MR) is 115 cm³/mol. The average molecular weight is 418 g/mol. The average Bonchev–Trinajstić information content (AvgIpc) is 3.48. The van der Waals surface area contributed by atoms with Crippen LogP contribution in [0, 0.1) is 0 Å². The van der Waals surface area contributed by atoms with Gasteiger partial charge in [-0.2, -0.15) is 9.67 Å². The maximum absolute atomic E-state index is 13.1. The summed E-state index contributed by atoms with van der Waals surface area (Å²) in [7, 11) is 1.60. The fraction of sp³-hybridized carbons (Fsp3) is 0.174. The molecule has 0 amide bonds. The van der Waals surface area contributed by atoms with E-state index in [1.54, 1.807) is 38.5 Å². The lowest BCUT2D eigenvalue weighted by Crippen LogP contribution is -2.31. The van der Waals surface area contributed by atoms with Crippen molar-refractivity contribution < 1.29 is 18.7 Å². The van der Waals surface area contributed by atoms with Crippen LogP contribution in [0.2, 0.25) is 0 Å². The highest BCUT2D eigenvalue weighted by Crippen LogP contribution is 2.22. The molecule has 1 atom stereocenters. The summed E-state index contributed by atoms with van der Waals surface area (Å²) in [5, 5.41) is 7.56. The third kappa shape index (κ3) is 4.75. The van der Waals surface area contributed by atoms with Gasteiger partial charge in [0.15, 0.2) is 11.9 Å². The first kappa shape index (κ1) is 20.2. The first-order valence-corrected chi connectivity index (χ1v) is 9.77. The predicted octanol–water partition coefficient (Wildman–Crippen LogP) is 4.27. The van der Waals surface area contributed by atoms with E-state index in [1.807, 2.05) is 48.5 Å². The third-order valence-electron chi connectivity index (χ3n) is 4.57. The summed E-state index contributed by atoms with van der Waals surface area (Å²) >= 11 is 0. The molecule has 31 heavy (non-hydrogen) atoms. The van der Waals surface area contributed by atoms with E-state index < -0.39 is 6.10 Å². The summed E-state index contributed by atoms with van der Waals surface area (Å²) in [4.78, 5) is 17.7. The number of ether oxygens (including phenoxy) is 2. The van der Waals surface area contributed by atoms with Gasteiger partial charge in [-0.05, 0) is 55.5 Å². The van der Waals surface area contributed by atoms with Gasteiger partial charge in [-0.3, -0.25) is 4.79 Å². The maximum atomic E-state index is 13.1. The van der Waals surface area contributed by atoms with E-state index in [1.165, 1.54) is 4.68 Å². The Morgan fingerprint density at radius 2 is 1.84 bits per heavy atom. The zero-order valence-electron chi connectivity index (χ0n) is 17.2. The molecule has 1 unspecified atom stereocenters. The summed E-state index contributed by atoms with van der Waals surface area (Å²) in [5.74, 6) is 2.39. The van der Waals surface area contributed by atoms with E-state index in [2.05, 4.69) is 15.4 Å². The Kier molecular flexibility index (Phi) is 5.98. The molecule has 0 saturated carbocycles. The highest BCUT2D eigenvalue weighted by Gasteiger charge is 2.23. The first-order valence-electron chi connectivity index (χ1n) is 9.77. The van der Waals surface area contributed by atoms with Crippen molar-refractivity contribution in [2.24, 2.45) is 0 Å². The number of rotatable bonds is 8. The molecule has 8 heteroatoms. The second-order valence-corrected chi connectivity index (χ2v) is 6.74. The topological polar surface area (TPSA) is 91.4 Å². The van der Waals surface area contributed by atoms with Crippen molar-refractivity contribution >= 4 is 11.9 Å². The zero-order valence-corrected chi connectivity index (χ0v) is 17.2. The molecule has 0 spiro atoms. The number of carbonyl (C=O) groups is 1. The second kappa shape index (κ2) is 9.17. The van der Waals surface area contributed by atoms with Crippen molar-refractivity contribution in [2.75, 3.05) is 12.4 Å². The largest absolute Gasteiger partial charge is 0.497 e. The lowest BCUT2D eigenvalue weighted by Gasteiger charge is -2.14. The smallest absolute Gasteiger partial charge is 0.290 e. The molecule has 0 aliphatic heterocycles. The Bertz CT molecular complexity index is 1120. The van der Waals surface area contributed by atoms with Gasteiger partial charge >= 0.3 is 0 Å². The number of nitrogens with zero attached hydrogens (tertiary/aromatic N) is 3. The summed E-state index contributed by atoms with van der Waals surface area (Å²) in [6.45, 7) is 2.04. The van der Waals surface area contributed by atoms with Gasteiger partial charge in [0.05, 0.1) is 19.9 Å². The number of para-hydroxylation sites is 1. The number of carbonyl (C=O) groups excluding carboxylic acids is 1. The van der Waals surface area contributed by atoms with Gasteiger partial charge in [0.1, 0.15) is 17.3 Å². The third-order valence-corrected chi connectivity index (χ3v) is 4.57. The SMILES string of the molecule is COc1ccc(-c2nc(NCc3ccco3)n(C(=O)C(C)Oc3ccccc3)n2)cc1. The standard InChI is InChI=1S/C23H22N4O4/c1-16(31-19-7-4-3-5-8-19)22(28)27-23(24-15-20-9-6-14-30-20)25-21(26-27)17-10-12-18(29-2)13-11-17/h3-14,16H,15H2,1-2H3,(H,24,25,26). The van der Waals surface area contributed by atoms with Crippen molar-refractivity contribution in [1.29, 1.82) is 0 Å². The number of benzene rings is 2. The summed E-state index contributed by atoms with van der Waals surface area (Å²) in [5.41, 5.74) is 0.755. The van der Waals surface area contributed by atoms with Crippen LogP contribution in [0.25, 0.3) is 11.4 Å². The lowest BCUT2D eigenvalue weighted by atomic mass is 10.2. The normalized spacial score (nSPS) is 11.7. The van der Waals surface area contributed by atoms with Gasteiger partial charge in [-0.25, -0.2) is 0 Å². The molecular formula is C23H22N4O4. The molecule has 0 aliphatic rings. The number of aromatic nitrogens is 3. The molecule has 0 fully saturated rings. The van der Waals surface area contributed by atoms with Crippen LogP contribution in [-0.4, -0.2) is 33.9 Å². The summed E-state index contributed by atoms with van der Waals surface area (Å²) in [6.07, 6.45) is 0.822. The summed E-state index contributed by atoms with van der Waals surface area (Å²) in [6, 6.07) is 20.1. The Balaban J connectivity index is 1.61. The van der Waals surface area contributed by atoms with E-state index in [4.69, 9.17) is 13.9 Å². The van der Waals surface area contributed by atoms with Crippen LogP contribution in [0.5, 0.6) is 11.5 Å². The fourth-order valence-corrected chi connectivity index (χ4v) is 2.95. The Hall–Kier alpha value is -4.07. The number of hydrogen-bond donors (Lipinski definition) is 1. The highest BCUT2D eigenvalue weighted by molar-refractivity contribution is 5.85. The van der Waals surface area contributed by atoms with Crippen LogP contribution in [0.3, 0.4) is 0 Å². The monoisotopic (exact) mass is 418 g/mol. The molecule has 4 rings (SSSR count). The number of nitrogens with one attached hydrogen (secondary N) is 1. The van der Waals surface area contributed by atoms with Crippen LogP contribution in [0.1, 0.15) is 17.5 Å². The van der Waals surface area contributed by atoms with E-state index in [-0.39, 0.29) is 5.91 Å². The Morgan fingerprint density at radius 3 is 2.52 bits per heavy atom. The van der Waals surface area contributed by atoms with E-state index in [0.717, 1.165) is 11.3 Å². The van der Waals surface area contributed by atoms with Gasteiger partial charge < -0.3 is 19.2 Å². The molecule has 2 aromatic carbocycles. The number of hydrogen-bond acceptors (Lipinski definition) is 7. The van der Waals surface area contributed by atoms with Crippen molar-refractivity contribution in [3.05, 3.63) is 78.8 Å². The quantitative estimate of drug-likeness (QED) is 0.457. The number of furan rings is 1. The molecule has 4 aromatic rings. The first-order chi connectivity index (χ1) is 15.1. The highest BCUT2D eigenvalue weighted by atomic mass is 16.5. The van der Waals surface area contributed by atoms with Crippen molar-refractivity contribution in [3.8, 4) is 22.9 Å².